The van der Waals surface area contributed by atoms with E-state index in [2.05, 4.69) is 4.98 Å². The van der Waals surface area contributed by atoms with Crippen LogP contribution in [0.5, 0.6) is 5.75 Å². The number of amides is 1. The van der Waals surface area contributed by atoms with Crippen molar-refractivity contribution in [3.05, 3.63) is 45.4 Å². The quantitative estimate of drug-likeness (QED) is 0.627. The molecule has 1 amide bonds. The minimum absolute atomic E-state index is 0.00318. The van der Waals surface area contributed by atoms with Gasteiger partial charge in [0.25, 0.3) is 0 Å². The number of hydrogen-bond donors (Lipinski definition) is 0. The van der Waals surface area contributed by atoms with E-state index in [-0.39, 0.29) is 18.3 Å². The van der Waals surface area contributed by atoms with E-state index in [9.17, 15) is 14.9 Å². The first-order valence-corrected chi connectivity index (χ1v) is 8.07. The first kappa shape index (κ1) is 16.9. The maximum atomic E-state index is 12.9. The molecule has 8 nitrogen and oxygen atoms in total. The standard InChI is InChI=1S/C17H20N4O4/c1-11-6-7-14(25-3)17-13(11)5-4-8-20(17)16(22)10-19-9-15(21(23)24)18-12(19)2/h6-7,9H,4-5,8,10H2,1-3H3. The molecule has 0 unspecified atom stereocenters. The lowest BCUT2D eigenvalue weighted by molar-refractivity contribution is -0.389. The second-order valence-corrected chi connectivity index (χ2v) is 6.09. The smallest absolute Gasteiger partial charge is 0.381 e. The van der Waals surface area contributed by atoms with Crippen LogP contribution in [0.25, 0.3) is 0 Å². The van der Waals surface area contributed by atoms with Gasteiger partial charge < -0.3 is 19.8 Å². The van der Waals surface area contributed by atoms with Gasteiger partial charge in [-0.15, -0.1) is 0 Å². The van der Waals surface area contributed by atoms with Crippen molar-refractivity contribution >= 4 is 17.4 Å². The molecule has 0 bridgehead atoms. The van der Waals surface area contributed by atoms with Gasteiger partial charge >= 0.3 is 5.82 Å². The number of aromatic nitrogens is 2. The fourth-order valence-corrected chi connectivity index (χ4v) is 3.24. The van der Waals surface area contributed by atoms with Crippen LogP contribution in [0.2, 0.25) is 0 Å². The summed E-state index contributed by atoms with van der Waals surface area (Å²) < 4.78 is 6.97. The molecule has 0 atom stereocenters. The summed E-state index contributed by atoms with van der Waals surface area (Å²) in [4.78, 5) is 28.8. The van der Waals surface area contributed by atoms with Crippen molar-refractivity contribution in [2.24, 2.45) is 0 Å². The lowest BCUT2D eigenvalue weighted by atomic mass is 9.96. The molecule has 1 aromatic heterocycles. The zero-order valence-electron chi connectivity index (χ0n) is 14.5. The van der Waals surface area contributed by atoms with E-state index in [1.807, 2.05) is 19.1 Å². The number of carbonyl (C=O) groups excluding carboxylic acids is 1. The highest BCUT2D eigenvalue weighted by atomic mass is 16.6. The Balaban J connectivity index is 1.93. The topological polar surface area (TPSA) is 90.5 Å². The van der Waals surface area contributed by atoms with E-state index in [4.69, 9.17) is 4.74 Å². The monoisotopic (exact) mass is 344 g/mol. The molecule has 0 saturated carbocycles. The second kappa shape index (κ2) is 6.54. The van der Waals surface area contributed by atoms with Crippen LogP contribution in [-0.4, -0.2) is 34.0 Å². The van der Waals surface area contributed by atoms with Crippen molar-refractivity contribution in [2.75, 3.05) is 18.6 Å². The highest BCUT2D eigenvalue weighted by molar-refractivity contribution is 5.96. The van der Waals surface area contributed by atoms with Crippen LogP contribution < -0.4 is 9.64 Å². The number of hydrogen-bond acceptors (Lipinski definition) is 5. The first-order chi connectivity index (χ1) is 11.9. The number of nitro groups is 1. The minimum atomic E-state index is -0.559. The third kappa shape index (κ3) is 3.07. The van der Waals surface area contributed by atoms with E-state index in [1.54, 1.807) is 18.9 Å². The number of ether oxygens (including phenoxy) is 1. The maximum Gasteiger partial charge on any atom is 0.381 e. The van der Waals surface area contributed by atoms with Gasteiger partial charge in [0.05, 0.1) is 12.8 Å². The fourth-order valence-electron chi connectivity index (χ4n) is 3.24. The van der Waals surface area contributed by atoms with E-state index >= 15 is 0 Å². The highest BCUT2D eigenvalue weighted by Crippen LogP contribution is 2.38. The van der Waals surface area contributed by atoms with Gasteiger partial charge in [0.1, 0.15) is 18.5 Å². The Bertz CT molecular complexity index is 843. The molecule has 25 heavy (non-hydrogen) atoms. The van der Waals surface area contributed by atoms with Crippen LogP contribution in [-0.2, 0) is 17.8 Å². The molecule has 3 rings (SSSR count). The van der Waals surface area contributed by atoms with Crippen LogP contribution in [0.3, 0.4) is 0 Å². The third-order valence-electron chi connectivity index (χ3n) is 4.54. The molecule has 0 radical (unpaired) electrons. The van der Waals surface area contributed by atoms with Crippen molar-refractivity contribution in [1.29, 1.82) is 0 Å². The minimum Gasteiger partial charge on any atom is -0.495 e. The molecule has 0 spiro atoms. The Morgan fingerprint density at radius 2 is 2.16 bits per heavy atom. The van der Waals surface area contributed by atoms with Crippen molar-refractivity contribution in [1.82, 2.24) is 9.55 Å². The number of fused-ring (bicyclic) bond motifs is 1. The van der Waals surface area contributed by atoms with Gasteiger partial charge in [-0.1, -0.05) is 6.07 Å². The molecule has 1 aliphatic rings. The molecule has 2 aromatic rings. The SMILES string of the molecule is COc1ccc(C)c2c1N(C(=O)Cn1cc([N+](=O)[O-])nc1C)CCC2. The Kier molecular flexibility index (Phi) is 4.43. The molecule has 1 aromatic carbocycles. The third-order valence-corrected chi connectivity index (χ3v) is 4.54. The van der Waals surface area contributed by atoms with E-state index < -0.39 is 4.92 Å². The average molecular weight is 344 g/mol. The molecular formula is C17H20N4O4. The van der Waals surface area contributed by atoms with Gasteiger partial charge in [-0.05, 0) is 46.9 Å². The van der Waals surface area contributed by atoms with E-state index in [0.717, 1.165) is 29.7 Å². The zero-order valence-corrected chi connectivity index (χ0v) is 14.5. The maximum absolute atomic E-state index is 12.9. The summed E-state index contributed by atoms with van der Waals surface area (Å²) in [6.45, 7) is 4.27. The number of rotatable bonds is 4. The number of aryl methyl sites for hydroxylation is 2. The molecule has 1 aliphatic heterocycles. The molecule has 132 valence electrons. The molecule has 0 aliphatic carbocycles. The van der Waals surface area contributed by atoms with Gasteiger partial charge in [0, 0.05) is 13.5 Å². The lowest BCUT2D eigenvalue weighted by Gasteiger charge is -2.32. The Morgan fingerprint density at radius 1 is 1.40 bits per heavy atom. The number of carbonyl (C=O) groups is 1. The number of imidazole rings is 1. The van der Waals surface area contributed by atoms with Crippen molar-refractivity contribution in [2.45, 2.75) is 33.2 Å². The van der Waals surface area contributed by atoms with Crippen molar-refractivity contribution in [3.8, 4) is 5.75 Å². The largest absolute Gasteiger partial charge is 0.495 e. The van der Waals surface area contributed by atoms with Crippen molar-refractivity contribution < 1.29 is 14.5 Å². The first-order valence-electron chi connectivity index (χ1n) is 8.07. The van der Waals surface area contributed by atoms with Crippen LogP contribution in [0.4, 0.5) is 11.5 Å². The van der Waals surface area contributed by atoms with Gasteiger partial charge in [0.15, 0.2) is 0 Å². The van der Waals surface area contributed by atoms with Gasteiger partial charge in [-0.2, -0.15) is 0 Å². The van der Waals surface area contributed by atoms with E-state index in [0.29, 0.717) is 18.1 Å². The average Bonchev–Trinajstić information content (AvgIpc) is 2.96. The lowest BCUT2D eigenvalue weighted by Crippen LogP contribution is -2.38. The summed E-state index contributed by atoms with van der Waals surface area (Å²) in [6, 6.07) is 3.86. The number of anilines is 1. The Labute approximate surface area is 145 Å². The normalized spacial score (nSPS) is 13.5. The van der Waals surface area contributed by atoms with Gasteiger partial charge in [0.2, 0.25) is 11.7 Å². The molecule has 8 heteroatoms. The van der Waals surface area contributed by atoms with Crippen LogP contribution in [0, 0.1) is 24.0 Å². The summed E-state index contributed by atoms with van der Waals surface area (Å²) >= 11 is 0. The van der Waals surface area contributed by atoms with Crippen LogP contribution in [0.1, 0.15) is 23.4 Å². The molecule has 0 N–H and O–H groups in total. The molecule has 0 saturated heterocycles. The highest BCUT2D eigenvalue weighted by Gasteiger charge is 2.28. The summed E-state index contributed by atoms with van der Waals surface area (Å²) in [7, 11) is 1.59. The predicted octanol–water partition coefficient (Wildman–Crippen LogP) is 2.40. The molecule has 0 fully saturated rings. The Morgan fingerprint density at radius 3 is 2.80 bits per heavy atom. The summed E-state index contributed by atoms with van der Waals surface area (Å²) in [6.07, 6.45) is 3.07. The molecule has 2 heterocycles. The summed E-state index contributed by atoms with van der Waals surface area (Å²) in [5, 5.41) is 10.9. The summed E-state index contributed by atoms with van der Waals surface area (Å²) in [5.41, 5.74) is 3.06. The second-order valence-electron chi connectivity index (χ2n) is 6.09. The number of methoxy groups -OCH3 is 1. The Hall–Kier alpha value is -2.90. The number of nitrogens with zero attached hydrogens (tertiary/aromatic N) is 4. The van der Waals surface area contributed by atoms with Crippen LogP contribution in [0.15, 0.2) is 18.3 Å². The number of benzene rings is 1. The van der Waals surface area contributed by atoms with Crippen LogP contribution >= 0.6 is 0 Å². The predicted molar refractivity (Wildman–Crippen MR) is 92.0 cm³/mol. The van der Waals surface area contributed by atoms with E-state index in [1.165, 1.54) is 10.8 Å². The zero-order chi connectivity index (χ0) is 18.1. The molecular weight excluding hydrogens is 324 g/mol. The summed E-state index contributed by atoms with van der Waals surface area (Å²) in [5.74, 6) is 0.716. The van der Waals surface area contributed by atoms with Gasteiger partial charge in [-0.25, -0.2) is 0 Å². The van der Waals surface area contributed by atoms with Crippen molar-refractivity contribution in [3.63, 3.8) is 0 Å². The fraction of sp³-hybridized carbons (Fsp3) is 0.412. The van der Waals surface area contributed by atoms with Gasteiger partial charge in [-0.3, -0.25) is 9.36 Å².